The van der Waals surface area contributed by atoms with E-state index in [2.05, 4.69) is 41.3 Å². The van der Waals surface area contributed by atoms with Crippen LogP contribution in [0.25, 0.3) is 0 Å². The number of nitro groups is 1. The van der Waals surface area contributed by atoms with Crippen LogP contribution in [0.15, 0.2) is 104 Å². The molecule has 232 valence electrons. The average molecular weight is 678 g/mol. The Kier molecular flexibility index (Phi) is 11.1. The van der Waals surface area contributed by atoms with E-state index in [4.69, 9.17) is 14.2 Å². The molecule has 0 saturated heterocycles. The van der Waals surface area contributed by atoms with E-state index < -0.39 is 10.9 Å². The fourth-order valence-electron chi connectivity index (χ4n) is 4.14. The standard InChI is InChI=1S/C31H29BrN6O7/c1-4-37(15-16-45-28-17-20(32)5-14-25(28)31(39)40)23-10-6-21(7-11-23)33-35-26-18-30(44-3)27(19-29(26)43-2)36-34-22-8-12-24(13-9-22)38(41)42/h5-14,17-19H,4,15-16H2,1-3H3,(H,39,40)/b35-33+,36-34+. The van der Waals surface area contributed by atoms with Crippen molar-refractivity contribution in [1.82, 2.24) is 0 Å². The molecule has 0 radical (unpaired) electrons. The van der Waals surface area contributed by atoms with Crippen molar-refractivity contribution in [1.29, 1.82) is 0 Å². The minimum absolute atomic E-state index is 0.0417. The Morgan fingerprint density at radius 2 is 1.40 bits per heavy atom. The van der Waals surface area contributed by atoms with Crippen LogP contribution < -0.4 is 19.1 Å². The molecule has 14 heteroatoms. The van der Waals surface area contributed by atoms with Gasteiger partial charge in [-0.15, -0.1) is 10.2 Å². The summed E-state index contributed by atoms with van der Waals surface area (Å²) in [6.07, 6.45) is 0. The summed E-state index contributed by atoms with van der Waals surface area (Å²) in [5.74, 6) is 0.0236. The van der Waals surface area contributed by atoms with Crippen molar-refractivity contribution >= 4 is 56.0 Å². The Bertz CT molecular complexity index is 1710. The van der Waals surface area contributed by atoms with Crippen LogP contribution in [0.5, 0.6) is 17.2 Å². The highest BCUT2D eigenvalue weighted by Gasteiger charge is 2.14. The highest BCUT2D eigenvalue weighted by atomic mass is 79.9. The molecule has 0 atom stereocenters. The maximum atomic E-state index is 11.5. The van der Waals surface area contributed by atoms with Gasteiger partial charge >= 0.3 is 5.97 Å². The van der Waals surface area contributed by atoms with Crippen LogP contribution in [-0.4, -0.2) is 49.9 Å². The monoisotopic (exact) mass is 676 g/mol. The zero-order chi connectivity index (χ0) is 32.3. The van der Waals surface area contributed by atoms with Crippen molar-refractivity contribution in [3.63, 3.8) is 0 Å². The molecule has 4 aromatic rings. The van der Waals surface area contributed by atoms with Crippen LogP contribution in [0.1, 0.15) is 17.3 Å². The van der Waals surface area contributed by atoms with E-state index in [0.29, 0.717) is 53.1 Å². The fourth-order valence-corrected chi connectivity index (χ4v) is 4.48. The molecule has 0 amide bonds. The summed E-state index contributed by atoms with van der Waals surface area (Å²) in [4.78, 5) is 24.0. The first-order valence-electron chi connectivity index (χ1n) is 13.6. The molecular formula is C31H29BrN6O7. The number of hydrogen-bond acceptors (Lipinski definition) is 11. The zero-order valence-corrected chi connectivity index (χ0v) is 26.2. The van der Waals surface area contributed by atoms with Crippen LogP contribution in [-0.2, 0) is 0 Å². The van der Waals surface area contributed by atoms with Crippen molar-refractivity contribution in [2.24, 2.45) is 20.5 Å². The lowest BCUT2D eigenvalue weighted by atomic mass is 10.2. The molecule has 0 saturated carbocycles. The Balaban J connectivity index is 1.43. The smallest absolute Gasteiger partial charge is 0.339 e. The molecule has 13 nitrogen and oxygen atoms in total. The lowest BCUT2D eigenvalue weighted by Gasteiger charge is -2.23. The fraction of sp³-hybridized carbons (Fsp3) is 0.194. The lowest BCUT2D eigenvalue weighted by molar-refractivity contribution is -0.384. The molecule has 45 heavy (non-hydrogen) atoms. The molecule has 0 aromatic heterocycles. The van der Waals surface area contributed by atoms with E-state index in [-0.39, 0.29) is 17.9 Å². The maximum Gasteiger partial charge on any atom is 0.339 e. The summed E-state index contributed by atoms with van der Waals surface area (Å²) in [6.45, 7) is 3.55. The van der Waals surface area contributed by atoms with Gasteiger partial charge in [-0.2, -0.15) is 10.2 Å². The number of aromatic carboxylic acids is 1. The van der Waals surface area contributed by atoms with Crippen LogP contribution in [0.2, 0.25) is 0 Å². The van der Waals surface area contributed by atoms with Crippen molar-refractivity contribution in [3.8, 4) is 17.2 Å². The number of carboxylic acid groups (broad SMARTS) is 1. The highest BCUT2D eigenvalue weighted by Crippen LogP contribution is 2.41. The van der Waals surface area contributed by atoms with E-state index >= 15 is 0 Å². The van der Waals surface area contributed by atoms with E-state index in [1.807, 2.05) is 31.2 Å². The van der Waals surface area contributed by atoms with Crippen molar-refractivity contribution < 1.29 is 29.0 Å². The molecule has 0 aliphatic carbocycles. The van der Waals surface area contributed by atoms with Gasteiger partial charge in [0.05, 0.1) is 37.1 Å². The Morgan fingerprint density at radius 3 is 1.89 bits per heavy atom. The molecule has 0 unspecified atom stereocenters. The van der Waals surface area contributed by atoms with Gasteiger partial charge in [0.15, 0.2) is 0 Å². The number of non-ortho nitro benzene ring substituents is 1. The molecular weight excluding hydrogens is 648 g/mol. The van der Waals surface area contributed by atoms with Gasteiger partial charge in [0.1, 0.15) is 40.8 Å². The molecule has 0 fully saturated rings. The van der Waals surface area contributed by atoms with Gasteiger partial charge in [-0.05, 0) is 61.5 Å². The predicted octanol–water partition coefficient (Wildman–Crippen LogP) is 8.81. The Morgan fingerprint density at radius 1 is 0.844 bits per heavy atom. The summed E-state index contributed by atoms with van der Waals surface area (Å²) in [5, 5.41) is 37.3. The van der Waals surface area contributed by atoms with Crippen LogP contribution in [0.4, 0.5) is 34.1 Å². The van der Waals surface area contributed by atoms with Gasteiger partial charge in [-0.1, -0.05) is 15.9 Å². The van der Waals surface area contributed by atoms with Gasteiger partial charge in [0.2, 0.25) is 0 Å². The maximum absolute atomic E-state index is 11.5. The third-order valence-electron chi connectivity index (χ3n) is 6.48. The van der Waals surface area contributed by atoms with E-state index in [0.717, 1.165) is 10.2 Å². The normalized spacial score (nSPS) is 11.1. The van der Waals surface area contributed by atoms with Gasteiger partial charge < -0.3 is 24.2 Å². The molecule has 0 aliphatic heterocycles. The number of methoxy groups -OCH3 is 2. The quantitative estimate of drug-likeness (QED) is 0.0787. The molecule has 0 heterocycles. The summed E-state index contributed by atoms with van der Waals surface area (Å²) in [7, 11) is 2.98. The first kappa shape index (κ1) is 32.5. The third kappa shape index (κ3) is 8.60. The second-order valence-electron chi connectivity index (χ2n) is 9.26. The molecule has 0 bridgehead atoms. The van der Waals surface area contributed by atoms with Gasteiger partial charge in [0.25, 0.3) is 5.69 Å². The first-order chi connectivity index (χ1) is 21.7. The molecule has 0 aliphatic rings. The minimum Gasteiger partial charge on any atom is -0.494 e. The second kappa shape index (κ2) is 15.4. The topological polar surface area (TPSA) is 161 Å². The van der Waals surface area contributed by atoms with Gasteiger partial charge in [-0.25, -0.2) is 4.79 Å². The minimum atomic E-state index is -1.05. The average Bonchev–Trinajstić information content (AvgIpc) is 3.05. The summed E-state index contributed by atoms with van der Waals surface area (Å²) in [6, 6.07) is 21.2. The Hall–Kier alpha value is -5.37. The number of hydrogen-bond donors (Lipinski definition) is 1. The second-order valence-corrected chi connectivity index (χ2v) is 10.2. The zero-order valence-electron chi connectivity index (χ0n) is 24.6. The largest absolute Gasteiger partial charge is 0.494 e. The summed E-state index contributed by atoms with van der Waals surface area (Å²) >= 11 is 3.35. The molecule has 1 N–H and O–H groups in total. The number of azo groups is 2. The number of carboxylic acids is 1. The number of benzene rings is 4. The number of halogens is 1. The number of carbonyl (C=O) groups is 1. The number of nitrogens with zero attached hydrogens (tertiary/aromatic N) is 6. The van der Waals surface area contributed by atoms with Gasteiger partial charge in [0, 0.05) is 41.0 Å². The number of likely N-dealkylation sites (N-methyl/N-ethyl adjacent to an activating group) is 1. The Labute approximate surface area is 267 Å². The first-order valence-corrected chi connectivity index (χ1v) is 14.4. The van der Waals surface area contributed by atoms with E-state index in [1.54, 1.807) is 24.3 Å². The number of nitro benzene ring substituents is 1. The van der Waals surface area contributed by atoms with E-state index in [1.165, 1.54) is 44.6 Å². The molecule has 4 rings (SSSR count). The number of ether oxygens (including phenoxy) is 3. The van der Waals surface area contributed by atoms with Gasteiger partial charge in [-0.3, -0.25) is 10.1 Å². The predicted molar refractivity (Wildman–Crippen MR) is 172 cm³/mol. The molecule has 0 spiro atoms. The van der Waals surface area contributed by atoms with Crippen LogP contribution in [0.3, 0.4) is 0 Å². The van der Waals surface area contributed by atoms with Crippen molar-refractivity contribution in [2.45, 2.75) is 6.92 Å². The van der Waals surface area contributed by atoms with Crippen molar-refractivity contribution in [3.05, 3.63) is 99.0 Å². The number of rotatable bonds is 14. The SMILES string of the molecule is CCN(CCOc1cc(Br)ccc1C(=O)O)c1ccc(/N=N/c2cc(OC)c(/N=N/c3ccc([N+](=O)[O-])cc3)cc2OC)cc1. The molecule has 4 aromatic carbocycles. The lowest BCUT2D eigenvalue weighted by Crippen LogP contribution is -2.28. The van der Waals surface area contributed by atoms with Crippen LogP contribution in [0, 0.1) is 10.1 Å². The van der Waals surface area contributed by atoms with Crippen molar-refractivity contribution in [2.75, 3.05) is 38.8 Å². The van der Waals surface area contributed by atoms with E-state index in [9.17, 15) is 20.0 Å². The van der Waals surface area contributed by atoms with Crippen LogP contribution >= 0.6 is 15.9 Å². The summed E-state index contributed by atoms with van der Waals surface area (Å²) < 4.78 is 17.5. The summed E-state index contributed by atoms with van der Waals surface area (Å²) in [5.41, 5.74) is 2.82. The third-order valence-corrected chi connectivity index (χ3v) is 6.97. The number of anilines is 1. The highest BCUT2D eigenvalue weighted by molar-refractivity contribution is 9.10.